The number of hydrogen-bond acceptors (Lipinski definition) is 4. The number of pyridine rings is 2. The van der Waals surface area contributed by atoms with Gasteiger partial charge in [-0.2, -0.15) is 0 Å². The second-order valence-corrected chi connectivity index (χ2v) is 10.7. The highest BCUT2D eigenvalue weighted by Crippen LogP contribution is 2.40. The van der Waals surface area contributed by atoms with E-state index in [9.17, 15) is 0 Å². The van der Waals surface area contributed by atoms with E-state index in [0.29, 0.717) is 0 Å². The molecule has 0 radical (unpaired) electrons. The van der Waals surface area contributed by atoms with Crippen molar-refractivity contribution < 1.29 is 0 Å². The van der Waals surface area contributed by atoms with Gasteiger partial charge in [-0.3, -0.25) is 9.97 Å². The Balaban J connectivity index is 1.45. The molecular weight excluding hydrogens is 500 g/mol. The molecule has 4 aromatic carbocycles. The zero-order valence-electron chi connectivity index (χ0n) is 23.3. The van der Waals surface area contributed by atoms with Gasteiger partial charge in [0.1, 0.15) is 6.33 Å². The summed E-state index contributed by atoms with van der Waals surface area (Å²) in [6, 6.07) is 30.5. The molecule has 0 saturated heterocycles. The van der Waals surface area contributed by atoms with E-state index in [4.69, 9.17) is 4.98 Å². The summed E-state index contributed by atoms with van der Waals surface area (Å²) in [5.74, 6) is 0. The van der Waals surface area contributed by atoms with E-state index in [0.717, 1.165) is 33.3 Å². The Kier molecular flexibility index (Phi) is 6.09. The lowest BCUT2D eigenvalue weighted by atomic mass is 9.87. The smallest absolute Gasteiger partial charge is 0.115 e. The largest absolute Gasteiger partial charge is 0.256 e. The van der Waals surface area contributed by atoms with Crippen LogP contribution in [-0.2, 0) is 0 Å². The van der Waals surface area contributed by atoms with E-state index in [2.05, 4.69) is 109 Å². The van der Waals surface area contributed by atoms with Crippen LogP contribution in [0.5, 0.6) is 0 Å². The molecule has 0 bridgehead atoms. The fraction of sp³-hybridized carbons (Fsp3) is 0.0811. The summed E-state index contributed by atoms with van der Waals surface area (Å²) in [5.41, 5.74) is 13.6. The van der Waals surface area contributed by atoms with Crippen LogP contribution in [0, 0.1) is 20.8 Å². The van der Waals surface area contributed by atoms with Gasteiger partial charge in [-0.15, -0.1) is 0 Å². The number of nitrogens with zero attached hydrogens (tertiary/aromatic N) is 4. The van der Waals surface area contributed by atoms with Crippen LogP contribution in [0.15, 0.2) is 116 Å². The van der Waals surface area contributed by atoms with E-state index in [1.807, 2.05) is 36.9 Å². The first kappa shape index (κ1) is 24.8. The maximum atomic E-state index is 4.75. The molecule has 41 heavy (non-hydrogen) atoms. The molecule has 0 spiro atoms. The van der Waals surface area contributed by atoms with Gasteiger partial charge < -0.3 is 0 Å². The van der Waals surface area contributed by atoms with Gasteiger partial charge in [-0.1, -0.05) is 42.5 Å². The topological polar surface area (TPSA) is 51.6 Å². The standard InChI is InChI=1S/C37H28N4/c1-23-11-13-41-36(14-23)28-7-4-6-27(16-28)32-18-33(25(3)15-24(32)2)35-19-37-31(8-5-12-40-37)30-10-9-26(17-34(30)35)29-20-38-22-39-21-29/h4-22H,1-3H3. The fourth-order valence-corrected chi connectivity index (χ4v) is 5.82. The number of fused-ring (bicyclic) bond motifs is 3. The number of rotatable bonds is 4. The van der Waals surface area contributed by atoms with Crippen LogP contribution in [0.1, 0.15) is 16.7 Å². The van der Waals surface area contributed by atoms with Crippen molar-refractivity contribution in [3.8, 4) is 44.6 Å². The van der Waals surface area contributed by atoms with Crippen molar-refractivity contribution in [3.05, 3.63) is 133 Å². The summed E-state index contributed by atoms with van der Waals surface area (Å²) in [7, 11) is 0. The molecule has 0 saturated carbocycles. The summed E-state index contributed by atoms with van der Waals surface area (Å²) in [6.07, 6.45) is 9.03. The van der Waals surface area contributed by atoms with Gasteiger partial charge >= 0.3 is 0 Å². The molecule has 0 amide bonds. The van der Waals surface area contributed by atoms with Crippen LogP contribution in [0.4, 0.5) is 0 Å². The second kappa shape index (κ2) is 10.1. The van der Waals surface area contributed by atoms with Gasteiger partial charge in [0.25, 0.3) is 0 Å². The van der Waals surface area contributed by atoms with Gasteiger partial charge in [0, 0.05) is 41.3 Å². The molecule has 0 aliphatic carbocycles. The van der Waals surface area contributed by atoms with Crippen LogP contribution < -0.4 is 0 Å². The Morgan fingerprint density at radius 1 is 0.488 bits per heavy atom. The molecular formula is C37H28N4. The average molecular weight is 529 g/mol. The quantitative estimate of drug-likeness (QED) is 0.214. The van der Waals surface area contributed by atoms with E-state index in [-0.39, 0.29) is 0 Å². The molecule has 4 nitrogen and oxygen atoms in total. The predicted molar refractivity (Wildman–Crippen MR) is 169 cm³/mol. The van der Waals surface area contributed by atoms with E-state index >= 15 is 0 Å². The molecule has 0 fully saturated rings. The Morgan fingerprint density at radius 2 is 1.32 bits per heavy atom. The second-order valence-electron chi connectivity index (χ2n) is 10.7. The minimum Gasteiger partial charge on any atom is -0.256 e. The summed E-state index contributed by atoms with van der Waals surface area (Å²) in [6.45, 7) is 6.49. The average Bonchev–Trinajstić information content (AvgIpc) is 3.01. The van der Waals surface area contributed by atoms with Crippen LogP contribution in [0.3, 0.4) is 0 Å². The van der Waals surface area contributed by atoms with Crippen LogP contribution in [0.25, 0.3) is 66.3 Å². The molecule has 0 aliphatic rings. The van der Waals surface area contributed by atoms with E-state index < -0.39 is 0 Å². The van der Waals surface area contributed by atoms with Crippen LogP contribution >= 0.6 is 0 Å². The van der Waals surface area contributed by atoms with Gasteiger partial charge in [-0.25, -0.2) is 9.97 Å². The minimum atomic E-state index is 0.986. The molecule has 0 aliphatic heterocycles. The molecule has 3 heterocycles. The first-order valence-corrected chi connectivity index (χ1v) is 13.8. The first-order chi connectivity index (χ1) is 20.0. The highest BCUT2D eigenvalue weighted by molar-refractivity contribution is 6.14. The van der Waals surface area contributed by atoms with Crippen LogP contribution in [-0.4, -0.2) is 19.9 Å². The van der Waals surface area contributed by atoms with Crippen molar-refractivity contribution in [1.29, 1.82) is 0 Å². The number of hydrogen-bond donors (Lipinski definition) is 0. The molecule has 7 aromatic rings. The third-order valence-corrected chi connectivity index (χ3v) is 7.86. The Hall–Kier alpha value is -5.22. The molecule has 4 heteroatoms. The lowest BCUT2D eigenvalue weighted by Gasteiger charge is -2.17. The monoisotopic (exact) mass is 528 g/mol. The molecule has 0 unspecified atom stereocenters. The normalized spacial score (nSPS) is 11.3. The molecule has 3 aromatic heterocycles. The predicted octanol–water partition coefficient (Wildman–Crippen LogP) is 9.17. The van der Waals surface area contributed by atoms with Crippen LogP contribution in [0.2, 0.25) is 0 Å². The molecule has 0 N–H and O–H groups in total. The van der Waals surface area contributed by atoms with Crippen molar-refractivity contribution in [2.24, 2.45) is 0 Å². The third-order valence-electron chi connectivity index (χ3n) is 7.86. The van der Waals surface area contributed by atoms with E-state index in [1.165, 1.54) is 49.7 Å². The van der Waals surface area contributed by atoms with Gasteiger partial charge in [0.05, 0.1) is 11.2 Å². The highest BCUT2D eigenvalue weighted by Gasteiger charge is 2.15. The molecule has 7 rings (SSSR count). The molecule has 0 atom stereocenters. The van der Waals surface area contributed by atoms with Crippen molar-refractivity contribution in [2.45, 2.75) is 20.8 Å². The maximum absolute atomic E-state index is 4.75. The molecule has 196 valence electrons. The zero-order chi connectivity index (χ0) is 27.9. The van der Waals surface area contributed by atoms with Crippen molar-refractivity contribution in [3.63, 3.8) is 0 Å². The zero-order valence-corrected chi connectivity index (χ0v) is 23.3. The summed E-state index contributed by atoms with van der Waals surface area (Å²) >= 11 is 0. The number of aryl methyl sites for hydroxylation is 3. The first-order valence-electron chi connectivity index (χ1n) is 13.8. The SMILES string of the molecule is Cc1ccnc(-c2cccc(-c3cc(-c4cc5ncccc5c5ccc(-c6cncnc6)cc45)c(C)cc3C)c2)c1. The van der Waals surface area contributed by atoms with Gasteiger partial charge in [0.15, 0.2) is 0 Å². The van der Waals surface area contributed by atoms with Crippen molar-refractivity contribution >= 4 is 21.7 Å². The van der Waals surface area contributed by atoms with Gasteiger partial charge in [-0.05, 0) is 119 Å². The van der Waals surface area contributed by atoms with Crippen molar-refractivity contribution in [1.82, 2.24) is 19.9 Å². The summed E-state index contributed by atoms with van der Waals surface area (Å²) in [4.78, 5) is 17.9. The fourth-order valence-electron chi connectivity index (χ4n) is 5.82. The number of benzene rings is 4. The van der Waals surface area contributed by atoms with E-state index in [1.54, 1.807) is 6.33 Å². The summed E-state index contributed by atoms with van der Waals surface area (Å²) < 4.78 is 0. The van der Waals surface area contributed by atoms with Gasteiger partial charge in [0.2, 0.25) is 0 Å². The Morgan fingerprint density at radius 3 is 2.17 bits per heavy atom. The lowest BCUT2D eigenvalue weighted by Crippen LogP contribution is -1.93. The third kappa shape index (κ3) is 4.53. The Labute approximate surface area is 239 Å². The summed E-state index contributed by atoms with van der Waals surface area (Å²) in [5, 5.41) is 3.51. The lowest BCUT2D eigenvalue weighted by molar-refractivity contribution is 1.17. The number of aromatic nitrogens is 4. The Bertz CT molecular complexity index is 2080. The highest BCUT2D eigenvalue weighted by atomic mass is 14.8. The maximum Gasteiger partial charge on any atom is 0.115 e. The van der Waals surface area contributed by atoms with Crippen molar-refractivity contribution in [2.75, 3.05) is 0 Å². The minimum absolute atomic E-state index is 0.986.